The second-order valence-electron chi connectivity index (χ2n) is 5.62. The van der Waals surface area contributed by atoms with Crippen LogP contribution in [0.4, 0.5) is 8.78 Å². The zero-order valence-corrected chi connectivity index (χ0v) is 15.6. The molecule has 0 aliphatic carbocycles. The van der Waals surface area contributed by atoms with Crippen LogP contribution in [0.5, 0.6) is 0 Å². The van der Waals surface area contributed by atoms with Crippen LogP contribution >= 0.6 is 23.1 Å². The van der Waals surface area contributed by atoms with Gasteiger partial charge in [-0.2, -0.15) is 8.78 Å². The van der Waals surface area contributed by atoms with Gasteiger partial charge in [-0.25, -0.2) is 4.98 Å². The lowest BCUT2D eigenvalue weighted by atomic mass is 10.1. The van der Waals surface area contributed by atoms with Gasteiger partial charge in [0.05, 0.1) is 24.8 Å². The quantitative estimate of drug-likeness (QED) is 0.725. The number of thioether (sulfide) groups is 1. The Hall–Kier alpha value is -1.55. The fourth-order valence-corrected chi connectivity index (χ4v) is 4.25. The number of carbonyl (C=O) groups excluding carboxylic acids is 1. The summed E-state index contributed by atoms with van der Waals surface area (Å²) in [7, 11) is 0. The molecule has 2 aromatic rings. The van der Waals surface area contributed by atoms with Crippen molar-refractivity contribution in [1.29, 1.82) is 0 Å². The molecule has 3 rings (SSSR count). The first-order valence-electron chi connectivity index (χ1n) is 8.18. The Balaban J connectivity index is 1.70. The molecule has 140 valence electrons. The molecule has 26 heavy (non-hydrogen) atoms. The number of thiophene rings is 1. The molecule has 2 aromatic heterocycles. The third-order valence-electron chi connectivity index (χ3n) is 4.03. The molecule has 0 spiro atoms. The number of pyridine rings is 1. The van der Waals surface area contributed by atoms with Crippen LogP contribution in [0.1, 0.15) is 21.3 Å². The van der Waals surface area contributed by atoms with Crippen LogP contribution in [0.25, 0.3) is 0 Å². The Kier molecular flexibility index (Phi) is 6.95. The number of halogens is 2. The molecule has 1 atom stereocenters. The molecule has 1 unspecified atom stereocenters. The molecule has 1 saturated heterocycles. The van der Waals surface area contributed by atoms with Gasteiger partial charge in [0, 0.05) is 30.7 Å². The summed E-state index contributed by atoms with van der Waals surface area (Å²) in [5.74, 6) is -3.01. The largest absolute Gasteiger partial charge is 0.379 e. The molecular weight excluding hydrogens is 380 g/mol. The topological polar surface area (TPSA) is 54.5 Å². The van der Waals surface area contributed by atoms with Crippen molar-refractivity contribution in [3.8, 4) is 0 Å². The summed E-state index contributed by atoms with van der Waals surface area (Å²) in [6.45, 7) is 3.30. The fourth-order valence-electron chi connectivity index (χ4n) is 2.81. The standard InChI is InChI=1S/C17H19F2N3O2S2/c18-17(19)26-16-12(3-1-5-20-16)15(23)21-11-13(14-4-2-10-25-14)22-6-8-24-9-7-22/h1-5,10,13,17H,6-9,11H2,(H,21,23). The number of hydrogen-bond donors (Lipinski definition) is 1. The van der Waals surface area contributed by atoms with Gasteiger partial charge in [0.15, 0.2) is 0 Å². The van der Waals surface area contributed by atoms with E-state index in [9.17, 15) is 13.6 Å². The minimum Gasteiger partial charge on any atom is -0.379 e. The van der Waals surface area contributed by atoms with Gasteiger partial charge in [-0.05, 0) is 35.3 Å². The monoisotopic (exact) mass is 399 g/mol. The number of alkyl halides is 2. The Labute approximate surface area is 158 Å². The molecule has 5 nitrogen and oxygen atoms in total. The van der Waals surface area contributed by atoms with Gasteiger partial charge in [-0.3, -0.25) is 9.69 Å². The molecule has 9 heteroatoms. The normalized spacial score (nSPS) is 16.6. The van der Waals surface area contributed by atoms with Crippen molar-refractivity contribution in [2.24, 2.45) is 0 Å². The van der Waals surface area contributed by atoms with Crippen molar-refractivity contribution in [3.63, 3.8) is 0 Å². The van der Waals surface area contributed by atoms with Crippen LogP contribution in [0.3, 0.4) is 0 Å². The molecule has 0 radical (unpaired) electrons. The van der Waals surface area contributed by atoms with E-state index in [1.165, 1.54) is 12.3 Å². The lowest BCUT2D eigenvalue weighted by Crippen LogP contribution is -2.43. The molecule has 3 heterocycles. The predicted molar refractivity (Wildman–Crippen MR) is 97.9 cm³/mol. The maximum atomic E-state index is 12.7. The van der Waals surface area contributed by atoms with Crippen molar-refractivity contribution < 1.29 is 18.3 Å². The first kappa shape index (κ1) is 19.2. The number of nitrogens with one attached hydrogen (secondary N) is 1. The summed E-state index contributed by atoms with van der Waals surface area (Å²) < 4.78 is 30.8. The summed E-state index contributed by atoms with van der Waals surface area (Å²) in [6.07, 6.45) is 1.41. The molecule has 1 amide bonds. The summed E-state index contributed by atoms with van der Waals surface area (Å²) in [5, 5.41) is 4.93. The zero-order chi connectivity index (χ0) is 18.4. The number of morpholine rings is 1. The number of nitrogens with zero attached hydrogens (tertiary/aromatic N) is 2. The number of amides is 1. The van der Waals surface area contributed by atoms with Gasteiger partial charge < -0.3 is 10.1 Å². The molecule has 0 saturated carbocycles. The fraction of sp³-hybridized carbons (Fsp3) is 0.412. The summed E-state index contributed by atoms with van der Waals surface area (Å²) in [6, 6.07) is 7.14. The highest BCUT2D eigenvalue weighted by Gasteiger charge is 2.25. The molecule has 1 N–H and O–H groups in total. The van der Waals surface area contributed by atoms with E-state index < -0.39 is 11.7 Å². The summed E-state index contributed by atoms with van der Waals surface area (Å²) in [5.41, 5.74) is 0.171. The molecule has 0 aromatic carbocycles. The van der Waals surface area contributed by atoms with E-state index in [1.54, 1.807) is 17.4 Å². The SMILES string of the molecule is O=C(NCC(c1cccs1)N1CCOCC1)c1cccnc1SC(F)F. The van der Waals surface area contributed by atoms with E-state index in [2.05, 4.69) is 15.2 Å². The molecule has 1 aliphatic rings. The van der Waals surface area contributed by atoms with E-state index >= 15 is 0 Å². The molecule has 1 fully saturated rings. The average Bonchev–Trinajstić information content (AvgIpc) is 3.17. The van der Waals surface area contributed by atoms with Crippen LogP contribution in [0.2, 0.25) is 0 Å². The van der Waals surface area contributed by atoms with Crippen molar-refractivity contribution in [1.82, 2.24) is 15.2 Å². The van der Waals surface area contributed by atoms with Crippen LogP contribution < -0.4 is 5.32 Å². The maximum absolute atomic E-state index is 12.7. The second-order valence-corrected chi connectivity index (χ2v) is 7.58. The van der Waals surface area contributed by atoms with Gasteiger partial charge in [-0.15, -0.1) is 11.3 Å². The van der Waals surface area contributed by atoms with Crippen molar-refractivity contribution >= 4 is 29.0 Å². The highest BCUT2D eigenvalue weighted by molar-refractivity contribution is 7.99. The number of aromatic nitrogens is 1. The van der Waals surface area contributed by atoms with Gasteiger partial charge in [0.1, 0.15) is 5.03 Å². The smallest absolute Gasteiger partial charge is 0.290 e. The Morgan fingerprint density at radius 3 is 2.85 bits per heavy atom. The first-order chi connectivity index (χ1) is 12.6. The highest BCUT2D eigenvalue weighted by atomic mass is 32.2. The number of rotatable bonds is 7. The average molecular weight is 399 g/mol. The first-order valence-corrected chi connectivity index (χ1v) is 9.94. The summed E-state index contributed by atoms with van der Waals surface area (Å²) >= 11 is 1.92. The number of ether oxygens (including phenoxy) is 1. The van der Waals surface area contributed by atoms with E-state index in [0.29, 0.717) is 19.8 Å². The van der Waals surface area contributed by atoms with E-state index in [-0.39, 0.29) is 28.4 Å². The minimum atomic E-state index is -2.62. The van der Waals surface area contributed by atoms with Crippen LogP contribution in [0.15, 0.2) is 40.9 Å². The van der Waals surface area contributed by atoms with Gasteiger partial charge in [0.2, 0.25) is 0 Å². The lowest BCUT2D eigenvalue weighted by molar-refractivity contribution is 0.0169. The Morgan fingerprint density at radius 1 is 1.35 bits per heavy atom. The van der Waals surface area contributed by atoms with E-state index in [1.807, 2.05) is 17.5 Å². The minimum absolute atomic E-state index is 0.0331. The zero-order valence-electron chi connectivity index (χ0n) is 13.9. The lowest BCUT2D eigenvalue weighted by Gasteiger charge is -2.34. The van der Waals surface area contributed by atoms with Crippen LogP contribution in [-0.4, -0.2) is 54.4 Å². The van der Waals surface area contributed by atoms with Gasteiger partial charge in [0.25, 0.3) is 11.7 Å². The predicted octanol–water partition coefficient (Wildman–Crippen LogP) is 3.26. The number of carbonyl (C=O) groups is 1. The van der Waals surface area contributed by atoms with Crippen LogP contribution in [-0.2, 0) is 4.74 Å². The van der Waals surface area contributed by atoms with E-state index in [0.717, 1.165) is 18.0 Å². The van der Waals surface area contributed by atoms with Crippen molar-refractivity contribution in [3.05, 3.63) is 46.3 Å². The van der Waals surface area contributed by atoms with Gasteiger partial charge >= 0.3 is 0 Å². The maximum Gasteiger partial charge on any atom is 0.290 e. The Bertz CT molecular complexity index is 710. The number of hydrogen-bond acceptors (Lipinski definition) is 6. The third-order valence-corrected chi connectivity index (χ3v) is 5.73. The molecular formula is C17H19F2N3O2S2. The highest BCUT2D eigenvalue weighted by Crippen LogP contribution is 2.27. The van der Waals surface area contributed by atoms with Crippen LogP contribution in [0, 0.1) is 0 Å². The van der Waals surface area contributed by atoms with Crippen molar-refractivity contribution in [2.45, 2.75) is 16.8 Å². The Morgan fingerprint density at radius 2 is 2.15 bits per heavy atom. The molecule has 1 aliphatic heterocycles. The second kappa shape index (κ2) is 9.40. The molecule has 0 bridgehead atoms. The van der Waals surface area contributed by atoms with Gasteiger partial charge in [-0.1, -0.05) is 6.07 Å². The van der Waals surface area contributed by atoms with Crippen molar-refractivity contribution in [2.75, 3.05) is 32.8 Å². The third kappa shape index (κ3) is 5.00. The summed E-state index contributed by atoms with van der Waals surface area (Å²) in [4.78, 5) is 19.9. The van der Waals surface area contributed by atoms with E-state index in [4.69, 9.17) is 4.74 Å².